The maximum absolute atomic E-state index is 12.4. The van der Waals surface area contributed by atoms with Gasteiger partial charge in [0.2, 0.25) is 15.9 Å². The van der Waals surface area contributed by atoms with Gasteiger partial charge < -0.3 is 5.32 Å². The molecule has 0 spiro atoms. The zero-order chi connectivity index (χ0) is 17.5. The van der Waals surface area contributed by atoms with Crippen molar-refractivity contribution in [1.29, 1.82) is 0 Å². The Kier molecular flexibility index (Phi) is 7.45. The molecule has 0 aliphatic rings. The Hall–Kier alpha value is -1.66. The Morgan fingerprint density at radius 3 is 2.22 bits per heavy atom. The lowest BCUT2D eigenvalue weighted by Gasteiger charge is -2.18. The second kappa shape index (κ2) is 8.84. The molecule has 0 fully saturated rings. The molecular weight excluding hydrogens is 312 g/mol. The number of hydrogen-bond donors (Lipinski definition) is 1. The molecule has 0 bridgehead atoms. The largest absolute Gasteiger partial charge is 0.352 e. The Labute approximate surface area is 139 Å². The van der Waals surface area contributed by atoms with E-state index in [0.29, 0.717) is 25.6 Å². The fourth-order valence-corrected chi connectivity index (χ4v) is 3.46. The molecule has 0 radical (unpaired) electrons. The molecule has 0 aromatic heterocycles. The maximum atomic E-state index is 12.4. The minimum Gasteiger partial charge on any atom is -0.352 e. The first kappa shape index (κ1) is 19.4. The van der Waals surface area contributed by atoms with Crippen molar-refractivity contribution in [2.45, 2.75) is 32.6 Å². The second-order valence-corrected chi connectivity index (χ2v) is 7.57. The highest BCUT2D eigenvalue weighted by atomic mass is 32.2. The molecule has 0 unspecified atom stereocenters. The van der Waals surface area contributed by atoms with E-state index in [4.69, 9.17) is 0 Å². The van der Waals surface area contributed by atoms with E-state index in [-0.39, 0.29) is 10.8 Å². The molecule has 0 aliphatic heterocycles. The molecule has 0 aliphatic carbocycles. The van der Waals surface area contributed by atoms with Crippen LogP contribution < -0.4 is 5.32 Å². The zero-order valence-corrected chi connectivity index (χ0v) is 15.1. The maximum Gasteiger partial charge on any atom is 0.244 e. The highest BCUT2D eigenvalue weighted by molar-refractivity contribution is 7.89. The van der Waals surface area contributed by atoms with Crippen LogP contribution in [0.2, 0.25) is 0 Å². The molecule has 23 heavy (non-hydrogen) atoms. The third-order valence-corrected chi connectivity index (χ3v) is 5.40. The van der Waals surface area contributed by atoms with Gasteiger partial charge in [-0.05, 0) is 29.7 Å². The van der Waals surface area contributed by atoms with Gasteiger partial charge in [-0.15, -0.1) is 0 Å². The monoisotopic (exact) mass is 338 g/mol. The van der Waals surface area contributed by atoms with Gasteiger partial charge in [-0.1, -0.05) is 39.8 Å². The summed E-state index contributed by atoms with van der Waals surface area (Å²) in [6.07, 6.45) is 3.12. The number of rotatable bonds is 8. The minimum atomic E-state index is -3.44. The van der Waals surface area contributed by atoms with Crippen LogP contribution in [0.5, 0.6) is 0 Å². The number of amides is 1. The molecule has 0 heterocycles. The van der Waals surface area contributed by atoms with Crippen LogP contribution in [0.1, 0.15) is 33.3 Å². The highest BCUT2D eigenvalue weighted by Crippen LogP contribution is 2.16. The molecule has 0 atom stereocenters. The lowest BCUT2D eigenvalue weighted by molar-refractivity contribution is -0.116. The quantitative estimate of drug-likeness (QED) is 0.741. The summed E-state index contributed by atoms with van der Waals surface area (Å²) in [4.78, 5) is 11.9. The highest BCUT2D eigenvalue weighted by Gasteiger charge is 2.20. The van der Waals surface area contributed by atoms with Crippen molar-refractivity contribution in [3.8, 4) is 0 Å². The third kappa shape index (κ3) is 5.80. The van der Waals surface area contributed by atoms with E-state index in [0.717, 1.165) is 5.56 Å². The first-order chi connectivity index (χ1) is 10.8. The normalized spacial score (nSPS) is 12.3. The molecule has 128 valence electrons. The molecule has 6 heteroatoms. The van der Waals surface area contributed by atoms with Gasteiger partial charge in [-0.2, -0.15) is 4.31 Å². The summed E-state index contributed by atoms with van der Waals surface area (Å²) in [5.41, 5.74) is 0.781. The number of nitrogens with one attached hydrogen (secondary N) is 1. The van der Waals surface area contributed by atoms with Crippen LogP contribution in [0.25, 0.3) is 6.08 Å². The van der Waals surface area contributed by atoms with Crippen LogP contribution in [0.4, 0.5) is 0 Å². The first-order valence-electron chi connectivity index (χ1n) is 7.87. The van der Waals surface area contributed by atoms with E-state index in [2.05, 4.69) is 5.32 Å². The minimum absolute atomic E-state index is 0.154. The molecular formula is C17H26N2O3S. The van der Waals surface area contributed by atoms with Gasteiger partial charge in [0.25, 0.3) is 0 Å². The van der Waals surface area contributed by atoms with Crippen molar-refractivity contribution in [3.63, 3.8) is 0 Å². The van der Waals surface area contributed by atoms with Crippen LogP contribution >= 0.6 is 0 Å². The fraction of sp³-hybridized carbons (Fsp3) is 0.471. The van der Waals surface area contributed by atoms with Crippen LogP contribution in [-0.4, -0.2) is 38.3 Å². The van der Waals surface area contributed by atoms with E-state index < -0.39 is 10.0 Å². The summed E-state index contributed by atoms with van der Waals surface area (Å²) in [6.45, 7) is 9.19. The van der Waals surface area contributed by atoms with Gasteiger partial charge in [-0.25, -0.2) is 8.42 Å². The predicted molar refractivity (Wildman–Crippen MR) is 93.4 cm³/mol. The number of carbonyl (C=O) groups excluding carboxylic acids is 1. The van der Waals surface area contributed by atoms with E-state index in [1.807, 2.05) is 27.7 Å². The average Bonchev–Trinajstić information content (AvgIpc) is 2.52. The SMILES string of the molecule is CCN(CC)S(=O)(=O)c1ccc(/C=C/C(=O)NCC(C)C)cc1. The molecule has 0 saturated carbocycles. The van der Waals surface area contributed by atoms with Gasteiger partial charge in [-0.3, -0.25) is 4.79 Å². The number of carbonyl (C=O) groups is 1. The van der Waals surface area contributed by atoms with Crippen molar-refractivity contribution in [2.24, 2.45) is 5.92 Å². The van der Waals surface area contributed by atoms with E-state index in [9.17, 15) is 13.2 Å². The van der Waals surface area contributed by atoms with Crippen LogP contribution in [-0.2, 0) is 14.8 Å². The molecule has 1 aromatic carbocycles. The van der Waals surface area contributed by atoms with Gasteiger partial charge in [0.05, 0.1) is 4.90 Å². The predicted octanol–water partition coefficient (Wildman–Crippen LogP) is 2.50. The molecule has 1 N–H and O–H groups in total. The number of nitrogens with zero attached hydrogens (tertiary/aromatic N) is 1. The van der Waals surface area contributed by atoms with Gasteiger partial charge in [0, 0.05) is 25.7 Å². The lowest BCUT2D eigenvalue weighted by Crippen LogP contribution is -2.30. The molecule has 0 saturated heterocycles. The average molecular weight is 338 g/mol. The van der Waals surface area contributed by atoms with Crippen molar-refractivity contribution < 1.29 is 13.2 Å². The lowest BCUT2D eigenvalue weighted by atomic mass is 10.2. The Bertz CT molecular complexity index is 630. The topological polar surface area (TPSA) is 66.5 Å². The van der Waals surface area contributed by atoms with Crippen molar-refractivity contribution in [3.05, 3.63) is 35.9 Å². The summed E-state index contributed by atoms with van der Waals surface area (Å²) < 4.78 is 26.1. The Balaban J connectivity index is 2.79. The Morgan fingerprint density at radius 1 is 1.17 bits per heavy atom. The molecule has 1 rings (SSSR count). The summed E-state index contributed by atoms with van der Waals surface area (Å²) in [7, 11) is -3.44. The van der Waals surface area contributed by atoms with Crippen LogP contribution in [0.15, 0.2) is 35.2 Å². The summed E-state index contributed by atoms with van der Waals surface area (Å²) in [6, 6.07) is 6.53. The van der Waals surface area contributed by atoms with Gasteiger partial charge in [0.15, 0.2) is 0 Å². The van der Waals surface area contributed by atoms with Crippen molar-refractivity contribution >= 4 is 22.0 Å². The first-order valence-corrected chi connectivity index (χ1v) is 9.31. The van der Waals surface area contributed by atoms with E-state index >= 15 is 0 Å². The smallest absolute Gasteiger partial charge is 0.244 e. The zero-order valence-electron chi connectivity index (χ0n) is 14.2. The Morgan fingerprint density at radius 2 is 1.74 bits per heavy atom. The number of hydrogen-bond acceptors (Lipinski definition) is 3. The molecule has 5 nitrogen and oxygen atoms in total. The summed E-state index contributed by atoms with van der Waals surface area (Å²) in [5.74, 6) is 0.246. The molecule has 1 amide bonds. The standard InChI is InChI=1S/C17H26N2O3S/c1-5-19(6-2)23(21,22)16-10-7-15(8-11-16)9-12-17(20)18-13-14(3)4/h7-12,14H,5-6,13H2,1-4H3,(H,18,20)/b12-9+. The number of sulfonamides is 1. The fourth-order valence-electron chi connectivity index (χ4n) is 2.00. The van der Waals surface area contributed by atoms with Gasteiger partial charge >= 0.3 is 0 Å². The van der Waals surface area contributed by atoms with Crippen molar-refractivity contribution in [2.75, 3.05) is 19.6 Å². The second-order valence-electron chi connectivity index (χ2n) is 5.63. The van der Waals surface area contributed by atoms with E-state index in [1.165, 1.54) is 10.4 Å². The third-order valence-electron chi connectivity index (χ3n) is 3.33. The van der Waals surface area contributed by atoms with Crippen LogP contribution in [0.3, 0.4) is 0 Å². The number of benzene rings is 1. The van der Waals surface area contributed by atoms with E-state index in [1.54, 1.807) is 30.3 Å². The van der Waals surface area contributed by atoms with Crippen molar-refractivity contribution in [1.82, 2.24) is 9.62 Å². The summed E-state index contributed by atoms with van der Waals surface area (Å²) >= 11 is 0. The molecule has 1 aromatic rings. The van der Waals surface area contributed by atoms with Crippen LogP contribution in [0, 0.1) is 5.92 Å². The van der Waals surface area contributed by atoms with Gasteiger partial charge in [0.1, 0.15) is 0 Å². The summed E-state index contributed by atoms with van der Waals surface area (Å²) in [5, 5.41) is 2.79.